The molecule has 13 heteroatoms. The normalized spacial score (nSPS) is 17.8. The quantitative estimate of drug-likeness (QED) is 0.421. The van der Waals surface area contributed by atoms with Gasteiger partial charge in [-0.15, -0.1) is 0 Å². The molecule has 3 aromatic rings. The van der Waals surface area contributed by atoms with Gasteiger partial charge < -0.3 is 9.64 Å². The summed E-state index contributed by atoms with van der Waals surface area (Å²) in [5, 5.41) is 13.8. The third-order valence-corrected chi connectivity index (χ3v) is 7.76. The number of hydrogen-bond donors (Lipinski definition) is 0. The van der Waals surface area contributed by atoms with Crippen LogP contribution < -0.4 is 10.5 Å². The number of fused-ring (bicyclic) bond motifs is 1. The monoisotopic (exact) mass is 548 g/mol. The van der Waals surface area contributed by atoms with E-state index in [1.807, 2.05) is 4.90 Å². The molecule has 1 saturated heterocycles. The number of halogens is 4. The molecular formula is C24H20ClF3N6O2S. The van der Waals surface area contributed by atoms with Crippen LogP contribution in [0.1, 0.15) is 47.9 Å². The van der Waals surface area contributed by atoms with Crippen molar-refractivity contribution < 1.29 is 17.9 Å². The summed E-state index contributed by atoms with van der Waals surface area (Å²) in [4.78, 5) is 23.3. The Hall–Kier alpha value is -3.14. The van der Waals surface area contributed by atoms with Gasteiger partial charge in [-0.05, 0) is 43.9 Å². The minimum Gasteiger partial charge on any atom is -0.363 e. The average molecular weight is 549 g/mol. The van der Waals surface area contributed by atoms with Gasteiger partial charge in [-0.3, -0.25) is 4.79 Å². The van der Waals surface area contributed by atoms with Crippen molar-refractivity contribution in [3.63, 3.8) is 0 Å². The van der Waals surface area contributed by atoms with Crippen LogP contribution in [0, 0.1) is 11.3 Å². The van der Waals surface area contributed by atoms with Crippen molar-refractivity contribution >= 4 is 29.1 Å². The molecule has 1 aromatic carbocycles. The minimum absolute atomic E-state index is 0.0312. The van der Waals surface area contributed by atoms with Crippen LogP contribution in [-0.2, 0) is 23.9 Å². The van der Waals surface area contributed by atoms with Gasteiger partial charge in [0.15, 0.2) is 6.23 Å². The van der Waals surface area contributed by atoms with E-state index in [1.165, 1.54) is 29.3 Å². The third kappa shape index (κ3) is 5.16. The number of nitrogens with zero attached hydrogens (tertiary/aromatic N) is 6. The van der Waals surface area contributed by atoms with Crippen LogP contribution in [0.25, 0.3) is 0 Å². The van der Waals surface area contributed by atoms with Crippen LogP contribution in [0.5, 0.6) is 0 Å². The summed E-state index contributed by atoms with van der Waals surface area (Å²) >= 11 is 7.36. The maximum Gasteiger partial charge on any atom is 0.417 e. The summed E-state index contributed by atoms with van der Waals surface area (Å²) in [6.45, 7) is 1.29. The number of ether oxygens (including phenoxy) is 1. The first-order valence-electron chi connectivity index (χ1n) is 11.5. The molecular weight excluding hydrogens is 529 g/mol. The van der Waals surface area contributed by atoms with Gasteiger partial charge in [0.2, 0.25) is 0 Å². The summed E-state index contributed by atoms with van der Waals surface area (Å²) in [6.07, 6.45) is 0.782. The van der Waals surface area contributed by atoms with Crippen LogP contribution in [0.15, 0.2) is 45.4 Å². The molecule has 0 saturated carbocycles. The molecule has 0 spiro atoms. The Morgan fingerprint density at radius 1 is 1.24 bits per heavy atom. The molecule has 2 aromatic heterocycles. The first kappa shape index (κ1) is 25.5. The molecule has 0 aliphatic carbocycles. The predicted octanol–water partition coefficient (Wildman–Crippen LogP) is 4.99. The number of nitriles is 1. The number of hydrogen-bond acceptors (Lipinski definition) is 8. The fourth-order valence-electron chi connectivity index (χ4n) is 4.41. The van der Waals surface area contributed by atoms with Crippen LogP contribution in [0.4, 0.5) is 18.9 Å². The molecule has 8 nitrogen and oxygen atoms in total. The molecule has 1 unspecified atom stereocenters. The summed E-state index contributed by atoms with van der Waals surface area (Å²) in [6, 6.07) is 5.22. The van der Waals surface area contributed by atoms with E-state index >= 15 is 0 Å². The van der Waals surface area contributed by atoms with Gasteiger partial charge in [-0.2, -0.15) is 28.2 Å². The standard InChI is InChI=1S/C24H20ClF3N6O2S/c25-21-18(11-32-34(23(21)35)20-3-1-2-8-36-20)33-7-6-15-17(12-33)30-13-31-22(15)37-19-5-4-14(10-29)9-16(19)24(26,27)28/h4-5,9,11,13,20H,1-3,6-8,12H2. The SMILES string of the molecule is N#Cc1ccc(Sc2ncnc3c2CCN(c2cnn(C4CCCCO4)c(=O)c2Cl)C3)c(C(F)(F)F)c1. The van der Waals surface area contributed by atoms with Crippen molar-refractivity contribution in [1.82, 2.24) is 19.7 Å². The van der Waals surface area contributed by atoms with E-state index in [1.54, 1.807) is 6.07 Å². The average Bonchev–Trinajstić information content (AvgIpc) is 2.90. The first-order valence-corrected chi connectivity index (χ1v) is 12.7. The van der Waals surface area contributed by atoms with Gasteiger partial charge >= 0.3 is 6.18 Å². The Balaban J connectivity index is 1.41. The van der Waals surface area contributed by atoms with Gasteiger partial charge in [0.25, 0.3) is 5.56 Å². The van der Waals surface area contributed by atoms with Gasteiger partial charge in [0.05, 0.1) is 41.3 Å². The van der Waals surface area contributed by atoms with Gasteiger partial charge in [0, 0.05) is 23.6 Å². The number of benzene rings is 1. The molecule has 37 heavy (non-hydrogen) atoms. The Bertz CT molecular complexity index is 1440. The maximum absolute atomic E-state index is 13.6. The van der Waals surface area contributed by atoms with Crippen LogP contribution in [0.2, 0.25) is 5.02 Å². The highest BCUT2D eigenvalue weighted by Crippen LogP contribution is 2.41. The predicted molar refractivity (Wildman–Crippen MR) is 129 cm³/mol. The molecule has 2 aliphatic rings. The van der Waals surface area contributed by atoms with Crippen LogP contribution in [-0.4, -0.2) is 32.9 Å². The lowest BCUT2D eigenvalue weighted by molar-refractivity contribution is -0.139. The molecule has 1 atom stereocenters. The highest BCUT2D eigenvalue weighted by atomic mass is 35.5. The Kier molecular flexibility index (Phi) is 7.11. The van der Waals surface area contributed by atoms with Crippen LogP contribution in [0.3, 0.4) is 0 Å². The van der Waals surface area contributed by atoms with E-state index in [4.69, 9.17) is 21.6 Å². The van der Waals surface area contributed by atoms with Crippen molar-refractivity contribution in [2.24, 2.45) is 0 Å². The largest absolute Gasteiger partial charge is 0.417 e. The second-order valence-corrected chi connectivity index (χ2v) is 10.0. The molecule has 0 N–H and O–H groups in total. The zero-order chi connectivity index (χ0) is 26.2. The lowest BCUT2D eigenvalue weighted by Crippen LogP contribution is -2.36. The molecule has 4 heterocycles. The minimum atomic E-state index is -4.62. The van der Waals surface area contributed by atoms with E-state index < -0.39 is 23.5 Å². The summed E-state index contributed by atoms with van der Waals surface area (Å²) < 4.78 is 47.9. The first-order chi connectivity index (χ1) is 17.8. The Labute approximate surface area is 219 Å². The number of anilines is 1. The fourth-order valence-corrected chi connectivity index (χ4v) is 5.74. The number of aromatic nitrogens is 4. The third-order valence-electron chi connectivity index (χ3n) is 6.28. The second kappa shape index (κ2) is 10.3. The Morgan fingerprint density at radius 2 is 2.08 bits per heavy atom. The maximum atomic E-state index is 13.6. The lowest BCUT2D eigenvalue weighted by atomic mass is 10.1. The molecule has 0 bridgehead atoms. The van der Waals surface area contributed by atoms with Crippen LogP contribution >= 0.6 is 23.4 Å². The molecule has 0 amide bonds. The summed E-state index contributed by atoms with van der Waals surface area (Å²) in [5.74, 6) is 0. The number of rotatable bonds is 4. The zero-order valence-corrected chi connectivity index (χ0v) is 20.9. The highest BCUT2D eigenvalue weighted by Gasteiger charge is 2.35. The van der Waals surface area contributed by atoms with E-state index in [2.05, 4.69) is 15.1 Å². The summed E-state index contributed by atoms with van der Waals surface area (Å²) in [7, 11) is 0. The van der Waals surface area contributed by atoms with Crippen molar-refractivity contribution in [2.45, 2.75) is 54.6 Å². The van der Waals surface area contributed by atoms with Crippen molar-refractivity contribution in [3.8, 4) is 6.07 Å². The van der Waals surface area contributed by atoms with Crippen molar-refractivity contribution in [1.29, 1.82) is 5.26 Å². The second-order valence-electron chi connectivity index (χ2n) is 8.61. The fraction of sp³-hybridized carbons (Fsp3) is 0.375. The van der Waals surface area contributed by atoms with E-state index in [9.17, 15) is 18.0 Å². The molecule has 2 aliphatic heterocycles. The smallest absolute Gasteiger partial charge is 0.363 e. The van der Waals surface area contributed by atoms with Gasteiger partial charge in [-0.1, -0.05) is 23.4 Å². The van der Waals surface area contributed by atoms with E-state index in [0.29, 0.717) is 42.4 Å². The molecule has 5 rings (SSSR count). The summed E-state index contributed by atoms with van der Waals surface area (Å²) in [5.41, 5.74) is 0.428. The lowest BCUT2D eigenvalue weighted by Gasteiger charge is -2.31. The molecule has 1 fully saturated rings. The topological polar surface area (TPSA) is 96.9 Å². The van der Waals surface area contributed by atoms with Crippen molar-refractivity contribution in [3.05, 3.63) is 68.5 Å². The molecule has 0 radical (unpaired) electrons. The molecule has 192 valence electrons. The van der Waals surface area contributed by atoms with Crippen molar-refractivity contribution in [2.75, 3.05) is 18.1 Å². The zero-order valence-electron chi connectivity index (χ0n) is 19.3. The van der Waals surface area contributed by atoms with E-state index in [0.717, 1.165) is 36.2 Å². The van der Waals surface area contributed by atoms with Gasteiger partial charge in [-0.25, -0.2) is 9.97 Å². The van der Waals surface area contributed by atoms with Gasteiger partial charge in [0.1, 0.15) is 16.4 Å². The van der Waals surface area contributed by atoms with E-state index in [-0.39, 0.29) is 22.0 Å². The Morgan fingerprint density at radius 3 is 2.81 bits per heavy atom. The number of alkyl halides is 3. The highest BCUT2D eigenvalue weighted by molar-refractivity contribution is 7.99.